The zero-order chi connectivity index (χ0) is 20.8. The minimum absolute atomic E-state index is 0.00880. The molecule has 152 valence electrons. The van der Waals surface area contributed by atoms with E-state index in [0.29, 0.717) is 10.6 Å². The van der Waals surface area contributed by atoms with E-state index in [4.69, 9.17) is 17.0 Å². The van der Waals surface area contributed by atoms with E-state index < -0.39 is 6.04 Å². The summed E-state index contributed by atoms with van der Waals surface area (Å²) in [6, 6.07) is 12.7. The van der Waals surface area contributed by atoms with Crippen molar-refractivity contribution in [3.63, 3.8) is 0 Å². The monoisotopic (exact) mass is 430 g/mol. The van der Waals surface area contributed by atoms with Crippen LogP contribution in [0.5, 0.6) is 0 Å². The maximum absolute atomic E-state index is 12.8. The van der Waals surface area contributed by atoms with Crippen molar-refractivity contribution in [2.24, 2.45) is 0 Å². The van der Waals surface area contributed by atoms with Crippen molar-refractivity contribution < 1.29 is 14.3 Å². The van der Waals surface area contributed by atoms with E-state index in [1.54, 1.807) is 18.4 Å². The molecule has 2 heterocycles. The van der Waals surface area contributed by atoms with Gasteiger partial charge >= 0.3 is 5.97 Å². The Morgan fingerprint density at radius 2 is 2.00 bits per heavy atom. The second-order valence-electron chi connectivity index (χ2n) is 6.69. The molecule has 2 N–H and O–H groups in total. The van der Waals surface area contributed by atoms with Gasteiger partial charge in [-0.25, -0.2) is 0 Å². The van der Waals surface area contributed by atoms with Crippen LogP contribution in [0.15, 0.2) is 47.8 Å². The Hall–Kier alpha value is -2.78. The van der Waals surface area contributed by atoms with Crippen molar-refractivity contribution in [1.29, 1.82) is 0 Å². The fourth-order valence-corrected chi connectivity index (χ4v) is 3.78. The number of hydrogen-bond acceptors (Lipinski definition) is 6. The molecular formula is C20H22N4O3S2. The number of hydrogen-bond donors (Lipinski definition) is 2. The summed E-state index contributed by atoms with van der Waals surface area (Å²) in [5.41, 5.74) is 0.829. The highest BCUT2D eigenvalue weighted by molar-refractivity contribution is 7.71. The zero-order valence-electron chi connectivity index (χ0n) is 16.1. The zero-order valence-corrected chi connectivity index (χ0v) is 17.8. The SMILES string of the molecule is CC(C)OC(=O)CC(NC(=O)Cn1c(-c2cccs2)n[nH]c1=S)c1ccccc1. The van der Waals surface area contributed by atoms with Crippen molar-refractivity contribution in [1.82, 2.24) is 20.1 Å². The van der Waals surface area contributed by atoms with E-state index in [1.165, 1.54) is 11.3 Å². The van der Waals surface area contributed by atoms with Crippen LogP contribution < -0.4 is 5.32 Å². The van der Waals surface area contributed by atoms with Crippen molar-refractivity contribution in [2.75, 3.05) is 0 Å². The number of nitrogens with one attached hydrogen (secondary N) is 2. The van der Waals surface area contributed by atoms with Gasteiger partial charge in [-0.05, 0) is 43.1 Å². The first-order valence-corrected chi connectivity index (χ1v) is 10.5. The van der Waals surface area contributed by atoms with Crippen LogP contribution in [0.3, 0.4) is 0 Å². The molecule has 9 heteroatoms. The van der Waals surface area contributed by atoms with E-state index in [-0.39, 0.29) is 30.9 Å². The van der Waals surface area contributed by atoms with Gasteiger partial charge in [-0.3, -0.25) is 19.3 Å². The lowest BCUT2D eigenvalue weighted by molar-refractivity contribution is -0.148. The van der Waals surface area contributed by atoms with E-state index in [1.807, 2.05) is 47.8 Å². The van der Waals surface area contributed by atoms with Crippen LogP contribution in [0, 0.1) is 4.77 Å². The van der Waals surface area contributed by atoms with Gasteiger partial charge < -0.3 is 10.1 Å². The number of amides is 1. The molecular weight excluding hydrogens is 408 g/mol. The molecule has 0 aliphatic heterocycles. The summed E-state index contributed by atoms with van der Waals surface area (Å²) in [5.74, 6) is -0.0320. The summed E-state index contributed by atoms with van der Waals surface area (Å²) in [6.45, 7) is 3.58. The smallest absolute Gasteiger partial charge is 0.308 e. The van der Waals surface area contributed by atoms with Crippen molar-refractivity contribution in [2.45, 2.75) is 39.0 Å². The van der Waals surface area contributed by atoms with Gasteiger partial charge in [0, 0.05) is 0 Å². The summed E-state index contributed by atoms with van der Waals surface area (Å²) in [5, 5.41) is 11.8. The first kappa shape index (κ1) is 20.9. The van der Waals surface area contributed by atoms with Crippen LogP contribution in [-0.4, -0.2) is 32.7 Å². The van der Waals surface area contributed by atoms with Gasteiger partial charge in [0.05, 0.1) is 23.4 Å². The molecule has 1 atom stereocenters. The largest absolute Gasteiger partial charge is 0.463 e. The average molecular weight is 431 g/mol. The lowest BCUT2D eigenvalue weighted by atomic mass is 10.0. The number of aromatic nitrogens is 3. The third kappa shape index (κ3) is 5.61. The second-order valence-corrected chi connectivity index (χ2v) is 8.02. The summed E-state index contributed by atoms with van der Waals surface area (Å²) < 4.78 is 7.26. The van der Waals surface area contributed by atoms with Crippen LogP contribution in [0.1, 0.15) is 31.9 Å². The van der Waals surface area contributed by atoms with Crippen molar-refractivity contribution in [3.05, 3.63) is 58.2 Å². The predicted octanol–water partition coefficient (Wildman–Crippen LogP) is 3.87. The number of rotatable bonds is 8. The molecule has 0 saturated carbocycles. The van der Waals surface area contributed by atoms with Gasteiger partial charge in [-0.2, -0.15) is 5.10 Å². The molecule has 1 unspecified atom stereocenters. The molecule has 0 radical (unpaired) electrons. The molecule has 0 spiro atoms. The highest BCUT2D eigenvalue weighted by Gasteiger charge is 2.21. The molecule has 0 fully saturated rings. The third-order valence-corrected chi connectivity index (χ3v) is 5.25. The minimum Gasteiger partial charge on any atom is -0.463 e. The maximum Gasteiger partial charge on any atom is 0.308 e. The quantitative estimate of drug-likeness (QED) is 0.418. The van der Waals surface area contributed by atoms with Gasteiger partial charge in [0.25, 0.3) is 0 Å². The Morgan fingerprint density at radius 3 is 2.66 bits per heavy atom. The minimum atomic E-state index is -0.499. The first-order chi connectivity index (χ1) is 13.9. The highest BCUT2D eigenvalue weighted by atomic mass is 32.1. The number of ether oxygens (including phenoxy) is 1. The number of thiophene rings is 1. The maximum atomic E-state index is 12.8. The second kappa shape index (κ2) is 9.62. The topological polar surface area (TPSA) is 89.0 Å². The Bertz CT molecular complexity index is 1010. The molecule has 1 aromatic carbocycles. The Labute approximate surface area is 177 Å². The molecule has 3 rings (SSSR count). The number of benzene rings is 1. The highest BCUT2D eigenvalue weighted by Crippen LogP contribution is 2.23. The third-order valence-electron chi connectivity index (χ3n) is 4.08. The fraction of sp³-hybridized carbons (Fsp3) is 0.300. The summed E-state index contributed by atoms with van der Waals surface area (Å²) in [4.78, 5) is 25.9. The van der Waals surface area contributed by atoms with Gasteiger partial charge in [0.1, 0.15) is 6.54 Å². The molecule has 7 nitrogen and oxygen atoms in total. The number of esters is 1. The number of nitrogens with zero attached hydrogens (tertiary/aromatic N) is 2. The number of aromatic amines is 1. The van der Waals surface area contributed by atoms with E-state index in [0.717, 1.165) is 10.4 Å². The number of H-pyrrole nitrogens is 1. The van der Waals surface area contributed by atoms with Gasteiger partial charge in [-0.1, -0.05) is 36.4 Å². The van der Waals surface area contributed by atoms with Crippen LogP contribution in [0.2, 0.25) is 0 Å². The molecule has 3 aromatic rings. The van der Waals surface area contributed by atoms with Crippen molar-refractivity contribution in [3.8, 4) is 10.7 Å². The van der Waals surface area contributed by atoms with E-state index >= 15 is 0 Å². The molecule has 2 aromatic heterocycles. The molecule has 29 heavy (non-hydrogen) atoms. The van der Waals surface area contributed by atoms with Crippen molar-refractivity contribution >= 4 is 35.4 Å². The molecule has 0 saturated heterocycles. The van der Waals surface area contributed by atoms with Gasteiger partial charge in [0.2, 0.25) is 5.91 Å². The molecule has 0 aliphatic carbocycles. The van der Waals surface area contributed by atoms with Gasteiger partial charge in [-0.15, -0.1) is 11.3 Å². The van der Waals surface area contributed by atoms with Crippen LogP contribution in [0.4, 0.5) is 0 Å². The Balaban J connectivity index is 1.76. The Morgan fingerprint density at radius 1 is 1.24 bits per heavy atom. The van der Waals surface area contributed by atoms with Crippen LogP contribution >= 0.6 is 23.6 Å². The summed E-state index contributed by atoms with van der Waals surface area (Å²) >= 11 is 6.80. The molecule has 1 amide bonds. The fourth-order valence-electron chi connectivity index (χ4n) is 2.86. The standard InChI is InChI=1S/C20H22N4O3S2/c1-13(2)27-18(26)11-15(14-7-4-3-5-8-14)21-17(25)12-24-19(22-23-20(24)28)16-9-6-10-29-16/h3-10,13,15H,11-12H2,1-2H3,(H,21,25)(H,23,28). The molecule has 0 bridgehead atoms. The van der Waals surface area contributed by atoms with Crippen LogP contribution in [0.25, 0.3) is 10.7 Å². The lowest BCUT2D eigenvalue weighted by Crippen LogP contribution is -2.33. The average Bonchev–Trinajstić information content (AvgIpc) is 3.32. The van der Waals surface area contributed by atoms with Crippen LogP contribution in [-0.2, 0) is 20.9 Å². The summed E-state index contributed by atoms with van der Waals surface area (Å²) in [6.07, 6.45) is -0.171. The number of carbonyl (C=O) groups excluding carboxylic acids is 2. The van der Waals surface area contributed by atoms with Gasteiger partial charge in [0.15, 0.2) is 10.6 Å². The number of carbonyl (C=O) groups is 2. The lowest BCUT2D eigenvalue weighted by Gasteiger charge is -2.20. The van der Waals surface area contributed by atoms with E-state index in [2.05, 4.69) is 15.5 Å². The Kier molecular flexibility index (Phi) is 6.95. The normalized spacial score (nSPS) is 12.0. The molecule has 0 aliphatic rings. The van der Waals surface area contributed by atoms with E-state index in [9.17, 15) is 9.59 Å². The first-order valence-electron chi connectivity index (χ1n) is 9.17. The predicted molar refractivity (Wildman–Crippen MR) is 114 cm³/mol. The summed E-state index contributed by atoms with van der Waals surface area (Å²) in [7, 11) is 0.